The molecule has 116 valence electrons. The Labute approximate surface area is 128 Å². The Morgan fingerprint density at radius 2 is 1.73 bits per heavy atom. The van der Waals surface area contributed by atoms with Crippen molar-refractivity contribution in [2.75, 3.05) is 12.4 Å². The predicted molar refractivity (Wildman–Crippen MR) is 82.6 cm³/mol. The first-order valence-electron chi connectivity index (χ1n) is 6.58. The minimum absolute atomic E-state index is 0.0000529. The third-order valence-electron chi connectivity index (χ3n) is 2.96. The summed E-state index contributed by atoms with van der Waals surface area (Å²) in [5, 5.41) is 26.4. The van der Waals surface area contributed by atoms with Crippen LogP contribution in [-0.4, -0.2) is 31.0 Å². The molecule has 0 bridgehead atoms. The number of phenolic OH excluding ortho intramolecular Hbond substituents is 1. The highest BCUT2D eigenvalue weighted by molar-refractivity contribution is 7.91. The van der Waals surface area contributed by atoms with Crippen molar-refractivity contribution in [3.05, 3.63) is 48.0 Å². The lowest BCUT2D eigenvalue weighted by atomic mass is 10.2. The molecule has 0 aliphatic carbocycles. The second-order valence-corrected chi connectivity index (χ2v) is 6.78. The van der Waals surface area contributed by atoms with Crippen LogP contribution in [0.5, 0.6) is 5.75 Å². The van der Waals surface area contributed by atoms with Crippen molar-refractivity contribution in [3.63, 3.8) is 0 Å². The van der Waals surface area contributed by atoms with E-state index in [-0.39, 0.29) is 27.8 Å². The zero-order chi connectivity index (χ0) is 16.2. The molecule has 0 fully saturated rings. The molecule has 0 atom stereocenters. The molecule has 0 aliphatic rings. The number of aromatic hydroxyl groups is 1. The van der Waals surface area contributed by atoms with Gasteiger partial charge in [-0.25, -0.2) is 8.42 Å². The van der Waals surface area contributed by atoms with Gasteiger partial charge in [-0.15, -0.1) is 10.2 Å². The number of aryl methyl sites for hydroxylation is 1. The molecule has 0 aromatic heterocycles. The van der Waals surface area contributed by atoms with Crippen LogP contribution in [0.1, 0.15) is 5.56 Å². The summed E-state index contributed by atoms with van der Waals surface area (Å²) in [7, 11) is -3.63. The Morgan fingerprint density at radius 1 is 1.05 bits per heavy atom. The van der Waals surface area contributed by atoms with Gasteiger partial charge >= 0.3 is 0 Å². The molecule has 0 saturated heterocycles. The number of benzene rings is 2. The Morgan fingerprint density at radius 3 is 2.45 bits per heavy atom. The van der Waals surface area contributed by atoms with E-state index < -0.39 is 16.4 Å². The van der Waals surface area contributed by atoms with Crippen molar-refractivity contribution in [3.8, 4) is 5.75 Å². The molecule has 0 radical (unpaired) electrons. The highest BCUT2D eigenvalue weighted by Gasteiger charge is 2.17. The highest BCUT2D eigenvalue weighted by atomic mass is 32.2. The van der Waals surface area contributed by atoms with Gasteiger partial charge in [0.05, 0.1) is 17.3 Å². The van der Waals surface area contributed by atoms with Crippen LogP contribution >= 0.6 is 0 Å². The van der Waals surface area contributed by atoms with Crippen LogP contribution in [0.4, 0.5) is 11.4 Å². The minimum Gasteiger partial charge on any atom is -0.506 e. The van der Waals surface area contributed by atoms with Crippen molar-refractivity contribution in [2.24, 2.45) is 10.2 Å². The van der Waals surface area contributed by atoms with Crippen LogP contribution < -0.4 is 0 Å². The summed E-state index contributed by atoms with van der Waals surface area (Å²) in [6.45, 7) is 1.38. The maximum atomic E-state index is 12.1. The Kier molecular flexibility index (Phi) is 4.89. The first kappa shape index (κ1) is 16.1. The molecule has 6 nitrogen and oxygen atoms in total. The van der Waals surface area contributed by atoms with Gasteiger partial charge in [-0.2, -0.15) is 0 Å². The molecular formula is C15H16N2O4S. The van der Waals surface area contributed by atoms with Gasteiger partial charge in [-0.1, -0.05) is 18.2 Å². The number of azo groups is 1. The Hall–Kier alpha value is -2.25. The fraction of sp³-hybridized carbons (Fsp3) is 0.200. The molecular weight excluding hydrogens is 304 g/mol. The average molecular weight is 320 g/mol. The number of rotatable bonds is 5. The average Bonchev–Trinajstić information content (AvgIpc) is 2.48. The lowest BCUT2D eigenvalue weighted by molar-refractivity contribution is 0.319. The van der Waals surface area contributed by atoms with Gasteiger partial charge in [-0.05, 0) is 36.8 Å². The van der Waals surface area contributed by atoms with Crippen molar-refractivity contribution in [1.29, 1.82) is 0 Å². The predicted octanol–water partition coefficient (Wildman–Crippen LogP) is 2.88. The van der Waals surface area contributed by atoms with E-state index in [4.69, 9.17) is 5.11 Å². The van der Waals surface area contributed by atoms with Crippen molar-refractivity contribution >= 4 is 21.2 Å². The summed E-state index contributed by atoms with van der Waals surface area (Å²) < 4.78 is 24.1. The molecule has 2 rings (SSSR count). The van der Waals surface area contributed by atoms with E-state index in [1.54, 1.807) is 24.3 Å². The van der Waals surface area contributed by atoms with E-state index in [9.17, 15) is 13.5 Å². The first-order chi connectivity index (χ1) is 10.4. The van der Waals surface area contributed by atoms with Crippen molar-refractivity contribution < 1.29 is 18.6 Å². The summed E-state index contributed by atoms with van der Waals surface area (Å²) in [6.07, 6.45) is 0. The molecule has 0 saturated carbocycles. The van der Waals surface area contributed by atoms with Crippen molar-refractivity contribution in [2.45, 2.75) is 11.8 Å². The fourth-order valence-electron chi connectivity index (χ4n) is 1.85. The molecule has 2 aromatic rings. The van der Waals surface area contributed by atoms with Gasteiger partial charge in [-0.3, -0.25) is 0 Å². The van der Waals surface area contributed by atoms with Crippen LogP contribution in [0, 0.1) is 6.92 Å². The quantitative estimate of drug-likeness (QED) is 0.827. The van der Waals surface area contributed by atoms with Crippen LogP contribution in [0.3, 0.4) is 0 Å². The number of hydrogen-bond donors (Lipinski definition) is 2. The van der Waals surface area contributed by atoms with E-state index in [0.717, 1.165) is 5.56 Å². The van der Waals surface area contributed by atoms with E-state index in [2.05, 4.69) is 10.2 Å². The second-order valence-electron chi connectivity index (χ2n) is 4.70. The smallest absolute Gasteiger partial charge is 0.182 e. The summed E-state index contributed by atoms with van der Waals surface area (Å²) in [4.78, 5) is -0.0000529. The lowest BCUT2D eigenvalue weighted by Gasteiger charge is -2.05. The van der Waals surface area contributed by atoms with Crippen LogP contribution in [-0.2, 0) is 9.84 Å². The van der Waals surface area contributed by atoms with E-state index >= 15 is 0 Å². The third-order valence-corrected chi connectivity index (χ3v) is 4.69. The molecule has 7 heteroatoms. The molecule has 0 heterocycles. The third kappa shape index (κ3) is 3.69. The van der Waals surface area contributed by atoms with E-state index in [1.807, 2.05) is 6.92 Å². The maximum Gasteiger partial charge on any atom is 0.182 e. The van der Waals surface area contributed by atoms with Crippen LogP contribution in [0.2, 0.25) is 0 Å². The number of sulfone groups is 1. The number of aliphatic hydroxyl groups is 1. The molecule has 0 unspecified atom stereocenters. The first-order valence-corrected chi connectivity index (χ1v) is 8.23. The number of hydrogen-bond acceptors (Lipinski definition) is 6. The second kappa shape index (κ2) is 6.67. The zero-order valence-corrected chi connectivity index (χ0v) is 12.8. The normalized spacial score (nSPS) is 11.9. The fourth-order valence-corrected chi connectivity index (χ4v) is 3.03. The number of nitrogens with zero attached hydrogens (tertiary/aromatic N) is 2. The van der Waals surface area contributed by atoms with Crippen LogP contribution in [0.25, 0.3) is 0 Å². The lowest BCUT2D eigenvalue weighted by Crippen LogP contribution is -2.10. The topological polar surface area (TPSA) is 99.3 Å². The number of aliphatic hydroxyl groups excluding tert-OH is 1. The minimum atomic E-state index is -3.63. The molecule has 0 aliphatic heterocycles. The molecule has 0 spiro atoms. The molecule has 0 amide bonds. The summed E-state index contributed by atoms with van der Waals surface area (Å²) >= 11 is 0. The van der Waals surface area contributed by atoms with E-state index in [1.165, 1.54) is 18.2 Å². The van der Waals surface area contributed by atoms with Crippen LogP contribution in [0.15, 0.2) is 57.6 Å². The van der Waals surface area contributed by atoms with Gasteiger partial charge in [0.1, 0.15) is 17.1 Å². The monoisotopic (exact) mass is 320 g/mol. The molecule has 2 N–H and O–H groups in total. The van der Waals surface area contributed by atoms with Gasteiger partial charge in [0.25, 0.3) is 0 Å². The Balaban J connectivity index is 2.42. The van der Waals surface area contributed by atoms with Gasteiger partial charge < -0.3 is 10.2 Å². The van der Waals surface area contributed by atoms with Gasteiger partial charge in [0, 0.05) is 0 Å². The summed E-state index contributed by atoms with van der Waals surface area (Å²) in [6, 6.07) is 11.0. The largest absolute Gasteiger partial charge is 0.506 e. The Bertz CT molecular complexity index is 801. The SMILES string of the molecule is Cc1ccc(O)c(/N=N/c2ccccc2S(=O)(=O)CCO)c1. The maximum absolute atomic E-state index is 12.1. The summed E-state index contributed by atoms with van der Waals surface area (Å²) in [5.41, 5.74) is 1.32. The van der Waals surface area contributed by atoms with Crippen molar-refractivity contribution in [1.82, 2.24) is 0 Å². The van der Waals surface area contributed by atoms with E-state index in [0.29, 0.717) is 0 Å². The zero-order valence-electron chi connectivity index (χ0n) is 12.0. The molecule has 2 aromatic carbocycles. The number of phenols is 1. The summed E-state index contributed by atoms with van der Waals surface area (Å²) in [5.74, 6) is -0.417. The van der Waals surface area contributed by atoms with Gasteiger partial charge in [0.15, 0.2) is 9.84 Å². The van der Waals surface area contributed by atoms with Gasteiger partial charge in [0.2, 0.25) is 0 Å². The highest BCUT2D eigenvalue weighted by Crippen LogP contribution is 2.31. The standard InChI is InChI=1S/C15H16N2O4S/c1-11-6-7-14(19)13(10-11)17-16-12-4-2-3-5-15(12)22(20,21)9-8-18/h2-7,10,18-19H,8-9H2,1H3/b17-16+. The molecule has 22 heavy (non-hydrogen) atoms.